The van der Waals surface area contributed by atoms with Crippen LogP contribution in [0.4, 0.5) is 0 Å². The van der Waals surface area contributed by atoms with E-state index in [2.05, 4.69) is 15.2 Å². The highest BCUT2D eigenvalue weighted by Crippen LogP contribution is 2.28. The lowest BCUT2D eigenvalue weighted by Gasteiger charge is -2.09. The zero-order valence-corrected chi connectivity index (χ0v) is 11.9. The average Bonchev–Trinajstić information content (AvgIpc) is 3.09. The van der Waals surface area contributed by atoms with Gasteiger partial charge in [-0.05, 0) is 12.5 Å². The standard InChI is InChI=1S/C15H15N3OS/c1-10-17-12(9-20-10)7-14(19)13-8-16-18-15(13)11-5-3-2-4-6-11/h2-6,8-9,14,19H,7H2,1H3,(H,16,18). The zero-order chi connectivity index (χ0) is 13.9. The number of aryl methyl sites for hydroxylation is 1. The molecule has 1 unspecified atom stereocenters. The summed E-state index contributed by atoms with van der Waals surface area (Å²) in [6.45, 7) is 1.97. The number of nitrogens with zero attached hydrogens (tertiary/aromatic N) is 2. The zero-order valence-electron chi connectivity index (χ0n) is 11.1. The summed E-state index contributed by atoms with van der Waals surface area (Å²) in [4.78, 5) is 4.39. The minimum absolute atomic E-state index is 0.504. The van der Waals surface area contributed by atoms with Crippen LogP contribution in [0.1, 0.15) is 22.4 Å². The molecule has 2 heterocycles. The van der Waals surface area contributed by atoms with Crippen molar-refractivity contribution in [1.29, 1.82) is 0 Å². The maximum absolute atomic E-state index is 10.4. The summed E-state index contributed by atoms with van der Waals surface area (Å²) in [5, 5.41) is 20.5. The topological polar surface area (TPSA) is 61.8 Å². The molecule has 4 nitrogen and oxygen atoms in total. The van der Waals surface area contributed by atoms with Crippen LogP contribution in [0.15, 0.2) is 41.9 Å². The normalized spacial score (nSPS) is 12.5. The SMILES string of the molecule is Cc1nc(CC(O)c2cn[nH]c2-c2ccccc2)cs1. The molecule has 20 heavy (non-hydrogen) atoms. The first-order chi connectivity index (χ1) is 9.74. The summed E-state index contributed by atoms with van der Waals surface area (Å²) in [6.07, 6.45) is 1.58. The van der Waals surface area contributed by atoms with Crippen LogP contribution in [0, 0.1) is 6.92 Å². The largest absolute Gasteiger partial charge is 0.388 e. The van der Waals surface area contributed by atoms with Crippen molar-refractivity contribution < 1.29 is 5.11 Å². The van der Waals surface area contributed by atoms with E-state index in [4.69, 9.17) is 0 Å². The summed E-state index contributed by atoms with van der Waals surface area (Å²) in [6, 6.07) is 9.90. The third-order valence-electron chi connectivity index (χ3n) is 3.16. The van der Waals surface area contributed by atoms with Crippen LogP contribution in [-0.2, 0) is 6.42 Å². The average molecular weight is 285 g/mol. The molecule has 102 valence electrons. The molecule has 0 fully saturated rings. The lowest BCUT2D eigenvalue weighted by atomic mass is 10.0. The number of aliphatic hydroxyl groups is 1. The highest BCUT2D eigenvalue weighted by molar-refractivity contribution is 7.09. The second-order valence-electron chi connectivity index (χ2n) is 4.64. The van der Waals surface area contributed by atoms with Crippen molar-refractivity contribution in [1.82, 2.24) is 15.2 Å². The van der Waals surface area contributed by atoms with Gasteiger partial charge in [0.2, 0.25) is 0 Å². The molecular formula is C15H15N3OS. The number of hydrogen-bond acceptors (Lipinski definition) is 4. The van der Waals surface area contributed by atoms with Crippen molar-refractivity contribution in [3.05, 3.63) is 58.2 Å². The van der Waals surface area contributed by atoms with Gasteiger partial charge in [-0.2, -0.15) is 5.10 Å². The number of aromatic amines is 1. The minimum Gasteiger partial charge on any atom is -0.388 e. The molecule has 0 radical (unpaired) electrons. The van der Waals surface area contributed by atoms with Crippen molar-refractivity contribution in [2.24, 2.45) is 0 Å². The molecule has 0 aliphatic rings. The number of H-pyrrole nitrogens is 1. The third kappa shape index (κ3) is 2.64. The maximum atomic E-state index is 10.4. The van der Waals surface area contributed by atoms with E-state index < -0.39 is 6.10 Å². The molecule has 0 bridgehead atoms. The lowest BCUT2D eigenvalue weighted by Crippen LogP contribution is -2.02. The molecule has 0 saturated heterocycles. The predicted molar refractivity (Wildman–Crippen MR) is 79.5 cm³/mol. The molecule has 0 amide bonds. The second-order valence-corrected chi connectivity index (χ2v) is 5.71. The van der Waals surface area contributed by atoms with Gasteiger partial charge in [0.1, 0.15) is 0 Å². The number of aromatic nitrogens is 3. The van der Waals surface area contributed by atoms with Crippen LogP contribution < -0.4 is 0 Å². The van der Waals surface area contributed by atoms with E-state index in [1.807, 2.05) is 42.6 Å². The quantitative estimate of drug-likeness (QED) is 0.774. The number of benzene rings is 1. The Hall–Kier alpha value is -1.98. The molecule has 0 spiro atoms. The fraction of sp³-hybridized carbons (Fsp3) is 0.200. The Morgan fingerprint density at radius 1 is 1.30 bits per heavy atom. The van der Waals surface area contributed by atoms with Crippen LogP contribution in [0.3, 0.4) is 0 Å². The van der Waals surface area contributed by atoms with E-state index >= 15 is 0 Å². The Bertz CT molecular complexity index is 690. The first kappa shape index (κ1) is 13.0. The van der Waals surface area contributed by atoms with E-state index in [0.29, 0.717) is 6.42 Å². The summed E-state index contributed by atoms with van der Waals surface area (Å²) in [5.74, 6) is 0. The van der Waals surface area contributed by atoms with Gasteiger partial charge in [-0.3, -0.25) is 5.10 Å². The molecule has 0 saturated carbocycles. The Labute approximate surface area is 121 Å². The number of thiazole rings is 1. The van der Waals surface area contributed by atoms with Crippen molar-refractivity contribution in [3.63, 3.8) is 0 Å². The molecular weight excluding hydrogens is 270 g/mol. The van der Waals surface area contributed by atoms with Gasteiger partial charge < -0.3 is 5.11 Å². The van der Waals surface area contributed by atoms with Crippen molar-refractivity contribution in [3.8, 4) is 11.3 Å². The first-order valence-electron chi connectivity index (χ1n) is 6.42. The highest BCUT2D eigenvalue weighted by Gasteiger charge is 2.17. The smallest absolute Gasteiger partial charge is 0.0897 e. The van der Waals surface area contributed by atoms with Gasteiger partial charge in [-0.15, -0.1) is 11.3 Å². The van der Waals surface area contributed by atoms with Crippen molar-refractivity contribution >= 4 is 11.3 Å². The van der Waals surface area contributed by atoms with Crippen LogP contribution >= 0.6 is 11.3 Å². The molecule has 3 rings (SSSR count). The number of hydrogen-bond donors (Lipinski definition) is 2. The number of nitrogens with one attached hydrogen (secondary N) is 1. The van der Waals surface area contributed by atoms with E-state index in [9.17, 15) is 5.11 Å². The van der Waals surface area contributed by atoms with Gasteiger partial charge in [0, 0.05) is 17.4 Å². The summed E-state index contributed by atoms with van der Waals surface area (Å²) >= 11 is 1.60. The fourth-order valence-corrected chi connectivity index (χ4v) is 2.82. The van der Waals surface area contributed by atoms with Gasteiger partial charge in [0.25, 0.3) is 0 Å². The Kier molecular flexibility index (Phi) is 3.62. The summed E-state index contributed by atoms with van der Waals surface area (Å²) in [7, 11) is 0. The molecule has 2 N–H and O–H groups in total. The lowest BCUT2D eigenvalue weighted by molar-refractivity contribution is 0.178. The molecule has 3 aromatic rings. The maximum Gasteiger partial charge on any atom is 0.0897 e. The van der Waals surface area contributed by atoms with Crippen molar-refractivity contribution in [2.75, 3.05) is 0 Å². The van der Waals surface area contributed by atoms with Gasteiger partial charge in [-0.1, -0.05) is 30.3 Å². The molecule has 0 aliphatic carbocycles. The second kappa shape index (κ2) is 5.56. The summed E-state index contributed by atoms with van der Waals surface area (Å²) in [5.41, 5.74) is 3.61. The monoisotopic (exact) mass is 285 g/mol. The van der Waals surface area contributed by atoms with Crippen LogP contribution in [0.5, 0.6) is 0 Å². The Morgan fingerprint density at radius 2 is 2.10 bits per heavy atom. The minimum atomic E-state index is -0.606. The predicted octanol–water partition coefficient (Wildman–Crippen LogP) is 3.12. The van der Waals surface area contributed by atoms with Gasteiger partial charge in [0.05, 0.1) is 28.7 Å². The van der Waals surface area contributed by atoms with Gasteiger partial charge in [0.15, 0.2) is 0 Å². The van der Waals surface area contributed by atoms with E-state index in [1.165, 1.54) is 0 Å². The van der Waals surface area contributed by atoms with E-state index in [-0.39, 0.29) is 0 Å². The van der Waals surface area contributed by atoms with Crippen LogP contribution in [0.2, 0.25) is 0 Å². The highest BCUT2D eigenvalue weighted by atomic mass is 32.1. The van der Waals surface area contributed by atoms with Crippen LogP contribution in [0.25, 0.3) is 11.3 Å². The third-order valence-corrected chi connectivity index (χ3v) is 3.98. The van der Waals surface area contributed by atoms with Crippen molar-refractivity contribution in [2.45, 2.75) is 19.4 Å². The molecule has 2 aromatic heterocycles. The van der Waals surface area contributed by atoms with Gasteiger partial charge in [-0.25, -0.2) is 4.98 Å². The molecule has 1 atom stereocenters. The first-order valence-corrected chi connectivity index (χ1v) is 7.30. The molecule has 5 heteroatoms. The summed E-state index contributed by atoms with van der Waals surface area (Å²) < 4.78 is 0. The Morgan fingerprint density at radius 3 is 2.80 bits per heavy atom. The van der Waals surface area contributed by atoms with E-state index in [0.717, 1.165) is 27.5 Å². The van der Waals surface area contributed by atoms with Gasteiger partial charge >= 0.3 is 0 Å². The Balaban J connectivity index is 1.86. The molecule has 0 aliphatic heterocycles. The van der Waals surface area contributed by atoms with E-state index in [1.54, 1.807) is 17.5 Å². The number of aliphatic hydroxyl groups excluding tert-OH is 1. The fourth-order valence-electron chi connectivity index (χ4n) is 2.19. The van der Waals surface area contributed by atoms with Crippen LogP contribution in [-0.4, -0.2) is 20.3 Å². The molecule has 1 aromatic carbocycles. The number of rotatable bonds is 4.